The molecular weight excluding hydrogens is 383 g/mol. The number of ether oxygens (including phenoxy) is 2. The van der Waals surface area contributed by atoms with Crippen LogP contribution in [-0.2, 0) is 11.3 Å². The second-order valence-corrected chi connectivity index (χ2v) is 6.97. The number of carbonyl (C=O) groups excluding carboxylic acids is 1. The van der Waals surface area contributed by atoms with Gasteiger partial charge in [-0.1, -0.05) is 17.2 Å². The minimum atomic E-state index is -0.465. The highest BCUT2D eigenvalue weighted by Crippen LogP contribution is 2.37. The van der Waals surface area contributed by atoms with Crippen molar-refractivity contribution in [3.8, 4) is 11.5 Å². The molecule has 2 radical (unpaired) electrons. The molecule has 4 N–H and O–H groups in total. The summed E-state index contributed by atoms with van der Waals surface area (Å²) in [5.41, 5.74) is 9.10. The molecule has 3 aromatic rings. The molecule has 0 saturated carbocycles. The Kier molecular flexibility index (Phi) is 4.96. The van der Waals surface area contributed by atoms with Crippen LogP contribution in [-0.4, -0.2) is 45.3 Å². The Morgan fingerprint density at radius 1 is 1.36 bits per heavy atom. The number of nitrogens with one attached hydrogen (secondary N) is 1. The van der Waals surface area contributed by atoms with Crippen molar-refractivity contribution in [3.63, 3.8) is 0 Å². The zero-order valence-corrected chi connectivity index (χ0v) is 15.4. The minimum Gasteiger partial charge on any atom is -0.454 e. The van der Waals surface area contributed by atoms with E-state index >= 15 is 0 Å². The van der Waals surface area contributed by atoms with Crippen LogP contribution in [0.1, 0.15) is 12.8 Å². The highest BCUT2D eigenvalue weighted by atomic mass is 32.2. The average molecular weight is 398 g/mol. The van der Waals surface area contributed by atoms with Gasteiger partial charge in [-0.3, -0.25) is 10.0 Å². The van der Waals surface area contributed by atoms with Gasteiger partial charge in [-0.15, -0.1) is 0 Å². The molecule has 1 aliphatic heterocycles. The SMILES string of the molecule is [B]c1cc2c(cc1Sc1nc3c(N)ncnc3n1CCCC(=O)NO)OCO2. The Bertz CT molecular complexity index is 1060. The molecule has 0 atom stereocenters. The number of aromatic nitrogens is 4. The number of hydrogen-bond acceptors (Lipinski definition) is 9. The summed E-state index contributed by atoms with van der Waals surface area (Å²) in [4.78, 5) is 24.9. The van der Waals surface area contributed by atoms with Crippen LogP contribution in [0.15, 0.2) is 28.5 Å². The van der Waals surface area contributed by atoms with E-state index in [4.69, 9.17) is 28.3 Å². The Labute approximate surface area is 164 Å². The summed E-state index contributed by atoms with van der Waals surface area (Å²) in [7, 11) is 6.15. The molecule has 10 nitrogen and oxygen atoms in total. The third-order valence-corrected chi connectivity index (χ3v) is 5.21. The van der Waals surface area contributed by atoms with Crippen LogP contribution in [0.4, 0.5) is 5.82 Å². The summed E-state index contributed by atoms with van der Waals surface area (Å²) in [6.07, 6.45) is 1.97. The van der Waals surface area contributed by atoms with E-state index in [1.54, 1.807) is 17.6 Å². The van der Waals surface area contributed by atoms with Gasteiger partial charge < -0.3 is 19.8 Å². The van der Waals surface area contributed by atoms with Crippen LogP contribution in [0.2, 0.25) is 0 Å². The van der Waals surface area contributed by atoms with E-state index in [9.17, 15) is 4.79 Å². The standard InChI is InChI=1S/C16H15BN6O4S/c17-8-4-9-10(27-7-26-9)5-11(8)28-16-21-13-14(18)19-6-20-15(13)23(16)3-1-2-12(24)22-25/h4-6,25H,1-3,7H2,(H,22,24)(H2,18,19,20). The van der Waals surface area contributed by atoms with Gasteiger partial charge in [-0.05, 0) is 18.6 Å². The van der Waals surface area contributed by atoms with Crippen LogP contribution in [0.5, 0.6) is 11.5 Å². The van der Waals surface area contributed by atoms with Crippen molar-refractivity contribution in [3.05, 3.63) is 18.5 Å². The van der Waals surface area contributed by atoms with Crippen LogP contribution >= 0.6 is 11.8 Å². The zero-order valence-electron chi connectivity index (χ0n) is 14.6. The number of hydroxylamine groups is 1. The van der Waals surface area contributed by atoms with Crippen molar-refractivity contribution in [1.82, 2.24) is 25.0 Å². The van der Waals surface area contributed by atoms with Crippen LogP contribution in [0.3, 0.4) is 0 Å². The van der Waals surface area contributed by atoms with Gasteiger partial charge in [0.15, 0.2) is 33.6 Å². The first-order valence-corrected chi connectivity index (χ1v) is 9.15. The number of aryl methyl sites for hydroxylation is 1. The summed E-state index contributed by atoms with van der Waals surface area (Å²) < 4.78 is 12.6. The predicted molar refractivity (Wildman–Crippen MR) is 101 cm³/mol. The van der Waals surface area contributed by atoms with Gasteiger partial charge in [0.1, 0.15) is 14.2 Å². The molecule has 0 fully saturated rings. The van der Waals surface area contributed by atoms with Crippen LogP contribution in [0.25, 0.3) is 11.2 Å². The third kappa shape index (κ3) is 3.43. The molecule has 0 spiro atoms. The second kappa shape index (κ2) is 7.56. The van der Waals surface area contributed by atoms with E-state index in [0.717, 1.165) is 4.90 Å². The van der Waals surface area contributed by atoms with Gasteiger partial charge >= 0.3 is 0 Å². The van der Waals surface area contributed by atoms with E-state index in [1.807, 2.05) is 4.57 Å². The third-order valence-electron chi connectivity index (χ3n) is 4.14. The quantitative estimate of drug-likeness (QED) is 0.305. The number of rotatable bonds is 6. The van der Waals surface area contributed by atoms with E-state index in [0.29, 0.717) is 46.2 Å². The number of nitrogens with zero attached hydrogens (tertiary/aromatic N) is 4. The Morgan fingerprint density at radius 3 is 2.93 bits per heavy atom. The molecule has 4 rings (SSSR count). The summed E-state index contributed by atoms with van der Waals surface area (Å²) in [6.45, 7) is 0.591. The minimum absolute atomic E-state index is 0.146. The molecule has 2 aromatic heterocycles. The maximum atomic E-state index is 11.3. The second-order valence-electron chi connectivity index (χ2n) is 5.96. The summed E-state index contributed by atoms with van der Waals surface area (Å²) in [6, 6.07) is 3.50. The van der Waals surface area contributed by atoms with Gasteiger partial charge in [0, 0.05) is 17.9 Å². The number of imidazole rings is 1. The van der Waals surface area contributed by atoms with E-state index in [1.165, 1.54) is 18.1 Å². The highest BCUT2D eigenvalue weighted by Gasteiger charge is 2.20. The first-order valence-electron chi connectivity index (χ1n) is 8.33. The smallest absolute Gasteiger partial charge is 0.243 e. The number of fused-ring (bicyclic) bond motifs is 2. The van der Waals surface area contributed by atoms with Crippen molar-refractivity contribution < 1.29 is 19.5 Å². The topological polar surface area (TPSA) is 137 Å². The number of hydrogen-bond donors (Lipinski definition) is 3. The largest absolute Gasteiger partial charge is 0.454 e. The lowest BCUT2D eigenvalue weighted by molar-refractivity contribution is -0.129. The molecule has 1 amide bonds. The van der Waals surface area contributed by atoms with Crippen molar-refractivity contribution in [1.29, 1.82) is 0 Å². The first kappa shape index (κ1) is 18.4. The average Bonchev–Trinajstić information content (AvgIpc) is 3.27. The zero-order chi connectivity index (χ0) is 19.7. The molecular formula is C16H15BN6O4S. The molecule has 1 aliphatic rings. The van der Waals surface area contributed by atoms with Gasteiger partial charge in [0.05, 0.1) is 0 Å². The summed E-state index contributed by atoms with van der Waals surface area (Å²) >= 11 is 1.32. The Balaban J connectivity index is 1.69. The molecule has 1 aromatic carbocycles. The molecule has 0 aliphatic carbocycles. The molecule has 12 heteroatoms. The molecule has 0 unspecified atom stereocenters. The maximum absolute atomic E-state index is 11.3. The fourth-order valence-corrected chi connectivity index (χ4v) is 3.76. The molecule has 0 bridgehead atoms. The van der Waals surface area contributed by atoms with Crippen molar-refractivity contribution in [2.45, 2.75) is 29.4 Å². The number of nitrogens with two attached hydrogens (primary N) is 1. The van der Waals surface area contributed by atoms with Crippen LogP contribution in [0, 0.1) is 0 Å². The lowest BCUT2D eigenvalue weighted by Gasteiger charge is -2.10. The maximum Gasteiger partial charge on any atom is 0.243 e. The van der Waals surface area contributed by atoms with Gasteiger partial charge in [0.25, 0.3) is 0 Å². The lowest BCUT2D eigenvalue weighted by atomic mass is 9.96. The molecule has 3 heterocycles. The number of carbonyl (C=O) groups is 1. The number of anilines is 1. The molecule has 28 heavy (non-hydrogen) atoms. The summed E-state index contributed by atoms with van der Waals surface area (Å²) in [5, 5.41) is 9.26. The fourth-order valence-electron chi connectivity index (χ4n) is 2.79. The highest BCUT2D eigenvalue weighted by molar-refractivity contribution is 7.99. The van der Waals surface area contributed by atoms with Gasteiger partial charge in [-0.25, -0.2) is 20.4 Å². The van der Waals surface area contributed by atoms with Crippen LogP contribution < -0.4 is 26.2 Å². The Morgan fingerprint density at radius 2 is 2.14 bits per heavy atom. The van der Waals surface area contributed by atoms with E-state index in [2.05, 4.69) is 15.0 Å². The molecule has 142 valence electrons. The van der Waals surface area contributed by atoms with Gasteiger partial charge in [-0.2, -0.15) is 0 Å². The number of nitrogen functional groups attached to an aromatic ring is 1. The fraction of sp³-hybridized carbons (Fsp3) is 0.250. The monoisotopic (exact) mass is 398 g/mol. The van der Waals surface area contributed by atoms with E-state index in [-0.39, 0.29) is 19.0 Å². The predicted octanol–water partition coefficient (Wildman–Crippen LogP) is 0.368. The molecule has 0 saturated heterocycles. The summed E-state index contributed by atoms with van der Waals surface area (Å²) in [5.74, 6) is 1.00. The Hall–Kier alpha value is -2.99. The number of benzene rings is 1. The van der Waals surface area contributed by atoms with Crippen molar-refractivity contribution >= 4 is 48.0 Å². The first-order chi connectivity index (χ1) is 13.6. The van der Waals surface area contributed by atoms with E-state index < -0.39 is 5.91 Å². The van der Waals surface area contributed by atoms with Gasteiger partial charge in [0.2, 0.25) is 12.7 Å². The lowest BCUT2D eigenvalue weighted by Crippen LogP contribution is -2.18. The normalized spacial score (nSPS) is 12.5. The van der Waals surface area contributed by atoms with Crippen molar-refractivity contribution in [2.24, 2.45) is 0 Å². The number of amides is 1. The van der Waals surface area contributed by atoms with Crippen molar-refractivity contribution in [2.75, 3.05) is 12.5 Å².